The minimum atomic E-state index is -0.785. The van der Waals surface area contributed by atoms with Crippen LogP contribution in [0.25, 0.3) is 0 Å². The molecule has 2 rings (SSSR count). The SMILES string of the molecule is O=C(Nc1cc(F)c(Br)c(F)c1)N1CC[C@@H](O)C1. The van der Waals surface area contributed by atoms with Gasteiger partial charge >= 0.3 is 6.03 Å². The van der Waals surface area contributed by atoms with Gasteiger partial charge in [-0.15, -0.1) is 0 Å². The van der Waals surface area contributed by atoms with Gasteiger partial charge in [-0.25, -0.2) is 13.6 Å². The van der Waals surface area contributed by atoms with Gasteiger partial charge in [-0.05, 0) is 34.5 Å². The molecule has 1 saturated heterocycles. The number of nitrogens with one attached hydrogen (secondary N) is 1. The quantitative estimate of drug-likeness (QED) is 0.780. The van der Waals surface area contributed by atoms with E-state index in [9.17, 15) is 18.7 Å². The number of halogens is 3. The largest absolute Gasteiger partial charge is 0.391 e. The summed E-state index contributed by atoms with van der Waals surface area (Å²) in [6.07, 6.45) is -0.0228. The van der Waals surface area contributed by atoms with Gasteiger partial charge in [-0.2, -0.15) is 0 Å². The van der Waals surface area contributed by atoms with Crippen LogP contribution in [0.2, 0.25) is 0 Å². The number of carbonyl (C=O) groups excluding carboxylic acids is 1. The predicted octanol–water partition coefficient (Wildman–Crippen LogP) is 2.33. The smallest absolute Gasteiger partial charge is 0.321 e. The lowest BCUT2D eigenvalue weighted by atomic mass is 10.3. The average Bonchev–Trinajstić information content (AvgIpc) is 2.72. The van der Waals surface area contributed by atoms with Crippen LogP contribution in [0.4, 0.5) is 19.3 Å². The molecule has 0 bridgehead atoms. The third kappa shape index (κ3) is 2.78. The molecule has 1 heterocycles. The Morgan fingerprint density at radius 1 is 1.44 bits per heavy atom. The van der Waals surface area contributed by atoms with E-state index in [1.54, 1.807) is 0 Å². The molecule has 1 aromatic carbocycles. The zero-order valence-electron chi connectivity index (χ0n) is 9.29. The van der Waals surface area contributed by atoms with E-state index in [1.165, 1.54) is 4.90 Å². The first-order valence-corrected chi connectivity index (χ1v) is 6.15. The van der Waals surface area contributed by atoms with Crippen molar-refractivity contribution < 1.29 is 18.7 Å². The Balaban J connectivity index is 2.07. The Kier molecular flexibility index (Phi) is 3.82. The minimum absolute atomic E-state index is 0.0413. The van der Waals surface area contributed by atoms with Gasteiger partial charge in [0.1, 0.15) is 11.6 Å². The molecule has 1 aliphatic rings. The van der Waals surface area contributed by atoms with Crippen molar-refractivity contribution in [1.29, 1.82) is 0 Å². The van der Waals surface area contributed by atoms with E-state index in [0.29, 0.717) is 13.0 Å². The number of hydrogen-bond donors (Lipinski definition) is 2. The number of urea groups is 1. The van der Waals surface area contributed by atoms with Gasteiger partial charge < -0.3 is 15.3 Å². The number of aliphatic hydroxyl groups excluding tert-OH is 1. The molecule has 0 aliphatic carbocycles. The molecule has 1 atom stereocenters. The Labute approximate surface area is 111 Å². The molecule has 1 fully saturated rings. The van der Waals surface area contributed by atoms with Gasteiger partial charge in [-0.1, -0.05) is 0 Å². The first kappa shape index (κ1) is 13.2. The van der Waals surface area contributed by atoms with Crippen LogP contribution in [0.1, 0.15) is 6.42 Å². The normalized spacial score (nSPS) is 19.1. The van der Waals surface area contributed by atoms with Crippen LogP contribution >= 0.6 is 15.9 Å². The van der Waals surface area contributed by atoms with Crippen LogP contribution < -0.4 is 5.32 Å². The highest BCUT2D eigenvalue weighted by molar-refractivity contribution is 9.10. The maximum absolute atomic E-state index is 13.2. The lowest BCUT2D eigenvalue weighted by Crippen LogP contribution is -2.33. The Hall–Kier alpha value is -1.21. The number of anilines is 1. The van der Waals surface area contributed by atoms with E-state index in [2.05, 4.69) is 21.2 Å². The summed E-state index contributed by atoms with van der Waals surface area (Å²) in [7, 11) is 0. The van der Waals surface area contributed by atoms with Crippen molar-refractivity contribution in [2.45, 2.75) is 12.5 Å². The van der Waals surface area contributed by atoms with E-state index < -0.39 is 23.8 Å². The molecule has 0 unspecified atom stereocenters. The van der Waals surface area contributed by atoms with Gasteiger partial charge in [0.2, 0.25) is 0 Å². The second kappa shape index (κ2) is 5.19. The molecule has 98 valence electrons. The van der Waals surface area contributed by atoms with E-state index in [4.69, 9.17) is 0 Å². The fraction of sp³-hybridized carbons (Fsp3) is 0.364. The van der Waals surface area contributed by atoms with Crippen LogP contribution in [0.3, 0.4) is 0 Å². The number of rotatable bonds is 1. The molecule has 0 aromatic heterocycles. The number of nitrogens with zero attached hydrogens (tertiary/aromatic N) is 1. The number of amides is 2. The van der Waals surface area contributed by atoms with Crippen LogP contribution in [0.15, 0.2) is 16.6 Å². The highest BCUT2D eigenvalue weighted by Gasteiger charge is 2.24. The topological polar surface area (TPSA) is 52.6 Å². The number of β-amino-alcohol motifs (C(OH)–C–C–N with tert-alkyl or cyclic N) is 1. The molecule has 2 N–H and O–H groups in total. The summed E-state index contributed by atoms with van der Waals surface area (Å²) in [5.74, 6) is -1.57. The number of aliphatic hydroxyl groups is 1. The molecule has 2 amide bonds. The third-order valence-corrected chi connectivity index (χ3v) is 3.44. The maximum atomic E-state index is 13.2. The van der Waals surface area contributed by atoms with Gasteiger partial charge in [0.25, 0.3) is 0 Å². The summed E-state index contributed by atoms with van der Waals surface area (Å²) in [6, 6.07) is 1.57. The first-order valence-electron chi connectivity index (χ1n) is 5.36. The first-order chi connectivity index (χ1) is 8.47. The third-order valence-electron chi connectivity index (χ3n) is 2.69. The van der Waals surface area contributed by atoms with Crippen LogP contribution in [0.5, 0.6) is 0 Å². The summed E-state index contributed by atoms with van der Waals surface area (Å²) in [5.41, 5.74) is 0.0413. The second-order valence-electron chi connectivity index (χ2n) is 4.07. The molecule has 7 heteroatoms. The molecular formula is C11H11BrF2N2O2. The number of carbonyl (C=O) groups is 1. The molecule has 0 spiro atoms. The summed E-state index contributed by atoms with van der Waals surface area (Å²) in [6.45, 7) is 0.655. The number of likely N-dealkylation sites (tertiary alicyclic amines) is 1. The highest BCUT2D eigenvalue weighted by atomic mass is 79.9. The molecule has 4 nitrogen and oxygen atoms in total. The summed E-state index contributed by atoms with van der Waals surface area (Å²) < 4.78 is 26.2. The molecule has 1 aliphatic heterocycles. The second-order valence-corrected chi connectivity index (χ2v) is 4.87. The van der Waals surface area contributed by atoms with E-state index in [0.717, 1.165) is 12.1 Å². The fourth-order valence-corrected chi connectivity index (χ4v) is 1.99. The molecule has 1 aromatic rings. The maximum Gasteiger partial charge on any atom is 0.321 e. The van der Waals surface area contributed by atoms with E-state index in [-0.39, 0.29) is 16.7 Å². The van der Waals surface area contributed by atoms with Crippen molar-refractivity contribution >= 4 is 27.6 Å². The van der Waals surface area contributed by atoms with Crippen molar-refractivity contribution in [3.63, 3.8) is 0 Å². The van der Waals surface area contributed by atoms with E-state index in [1.807, 2.05) is 0 Å². The monoisotopic (exact) mass is 320 g/mol. The zero-order chi connectivity index (χ0) is 13.3. The zero-order valence-corrected chi connectivity index (χ0v) is 10.9. The highest BCUT2D eigenvalue weighted by Crippen LogP contribution is 2.24. The van der Waals surface area contributed by atoms with Gasteiger partial charge in [-0.3, -0.25) is 0 Å². The number of hydrogen-bond acceptors (Lipinski definition) is 2. The van der Waals surface area contributed by atoms with Crippen molar-refractivity contribution in [1.82, 2.24) is 4.90 Å². The Bertz CT molecular complexity index is 461. The average molecular weight is 321 g/mol. The Morgan fingerprint density at radius 3 is 2.56 bits per heavy atom. The van der Waals surface area contributed by atoms with Crippen molar-refractivity contribution in [3.8, 4) is 0 Å². The summed E-state index contributed by atoms with van der Waals surface area (Å²) >= 11 is 2.75. The van der Waals surface area contributed by atoms with Crippen molar-refractivity contribution in [2.24, 2.45) is 0 Å². The van der Waals surface area contributed by atoms with Crippen LogP contribution in [-0.4, -0.2) is 35.2 Å². The van der Waals surface area contributed by atoms with Crippen molar-refractivity contribution in [3.05, 3.63) is 28.2 Å². The molecular weight excluding hydrogens is 310 g/mol. The molecule has 0 radical (unpaired) electrons. The van der Waals surface area contributed by atoms with Crippen LogP contribution in [-0.2, 0) is 0 Å². The van der Waals surface area contributed by atoms with Gasteiger partial charge in [0.05, 0.1) is 10.6 Å². The summed E-state index contributed by atoms with van der Waals surface area (Å²) in [5, 5.41) is 11.7. The predicted molar refractivity (Wildman–Crippen MR) is 65.3 cm³/mol. The Morgan fingerprint density at radius 2 is 2.06 bits per heavy atom. The van der Waals surface area contributed by atoms with Crippen molar-refractivity contribution in [2.75, 3.05) is 18.4 Å². The van der Waals surface area contributed by atoms with Crippen LogP contribution in [0, 0.1) is 11.6 Å². The summed E-state index contributed by atoms with van der Waals surface area (Å²) in [4.78, 5) is 13.1. The molecule has 0 saturated carbocycles. The minimum Gasteiger partial charge on any atom is -0.391 e. The van der Waals surface area contributed by atoms with Gasteiger partial charge in [0.15, 0.2) is 0 Å². The lowest BCUT2D eigenvalue weighted by molar-refractivity contribution is 0.176. The standard InChI is InChI=1S/C11H11BrF2N2O2/c12-10-8(13)3-6(4-9(10)14)15-11(18)16-2-1-7(17)5-16/h3-4,7,17H,1-2,5H2,(H,15,18)/t7-/m1/s1. The molecule has 18 heavy (non-hydrogen) atoms. The fourth-order valence-electron chi connectivity index (χ4n) is 1.76. The lowest BCUT2D eigenvalue weighted by Gasteiger charge is -2.16. The van der Waals surface area contributed by atoms with E-state index >= 15 is 0 Å². The van der Waals surface area contributed by atoms with Gasteiger partial charge in [0, 0.05) is 18.8 Å². The number of benzene rings is 1.